The molecular formula is C13H12ClFN2. The van der Waals surface area contributed by atoms with Crippen LogP contribution in [-0.2, 0) is 12.8 Å². The van der Waals surface area contributed by atoms with Crippen molar-refractivity contribution in [1.82, 2.24) is 4.98 Å². The molecule has 0 saturated heterocycles. The first-order valence-corrected chi connectivity index (χ1v) is 5.68. The van der Waals surface area contributed by atoms with Gasteiger partial charge in [0.05, 0.1) is 5.02 Å². The number of nitrogens with zero attached hydrogens (tertiary/aromatic N) is 1. The van der Waals surface area contributed by atoms with Gasteiger partial charge in [-0.05, 0) is 42.2 Å². The summed E-state index contributed by atoms with van der Waals surface area (Å²) >= 11 is 5.72. The van der Waals surface area contributed by atoms with Gasteiger partial charge in [0, 0.05) is 6.20 Å². The van der Waals surface area contributed by atoms with E-state index in [0.29, 0.717) is 24.2 Å². The molecule has 2 aromatic rings. The van der Waals surface area contributed by atoms with Crippen LogP contribution in [0.3, 0.4) is 0 Å². The van der Waals surface area contributed by atoms with E-state index in [9.17, 15) is 4.39 Å². The number of anilines is 1. The molecule has 1 heterocycles. The van der Waals surface area contributed by atoms with E-state index in [0.717, 1.165) is 5.56 Å². The van der Waals surface area contributed by atoms with E-state index < -0.39 is 0 Å². The van der Waals surface area contributed by atoms with Gasteiger partial charge in [-0.15, -0.1) is 0 Å². The highest BCUT2D eigenvalue weighted by atomic mass is 35.5. The standard InChI is InChI=1S/C13H12ClFN2/c14-11-3-1-2-10(13(11)15)5-4-9-6-7-17-12(16)8-9/h1-3,6-8H,4-5H2,(H2,16,17). The monoisotopic (exact) mass is 250 g/mol. The molecule has 17 heavy (non-hydrogen) atoms. The fraction of sp³-hybridized carbons (Fsp3) is 0.154. The molecule has 0 fully saturated rings. The van der Waals surface area contributed by atoms with E-state index in [1.54, 1.807) is 30.5 Å². The van der Waals surface area contributed by atoms with Crippen molar-refractivity contribution < 1.29 is 4.39 Å². The Balaban J connectivity index is 2.10. The van der Waals surface area contributed by atoms with Crippen molar-refractivity contribution in [3.8, 4) is 0 Å². The minimum absolute atomic E-state index is 0.164. The minimum Gasteiger partial charge on any atom is -0.384 e. The molecule has 0 radical (unpaired) electrons. The third-order valence-corrected chi connectivity index (χ3v) is 2.85. The van der Waals surface area contributed by atoms with Crippen LogP contribution >= 0.6 is 11.6 Å². The number of aryl methyl sites for hydroxylation is 2. The summed E-state index contributed by atoms with van der Waals surface area (Å²) in [5.74, 6) is 0.144. The van der Waals surface area contributed by atoms with Gasteiger partial charge < -0.3 is 5.73 Å². The summed E-state index contributed by atoms with van der Waals surface area (Å²) in [7, 11) is 0. The summed E-state index contributed by atoms with van der Waals surface area (Å²) in [6, 6.07) is 8.71. The summed E-state index contributed by atoms with van der Waals surface area (Å²) < 4.78 is 13.6. The Morgan fingerprint density at radius 3 is 2.82 bits per heavy atom. The lowest BCUT2D eigenvalue weighted by Crippen LogP contribution is -1.97. The molecule has 0 amide bonds. The van der Waals surface area contributed by atoms with Crippen molar-refractivity contribution in [2.75, 3.05) is 5.73 Å². The maximum atomic E-state index is 13.6. The van der Waals surface area contributed by atoms with Crippen LogP contribution in [0, 0.1) is 5.82 Å². The SMILES string of the molecule is Nc1cc(CCc2cccc(Cl)c2F)ccn1. The van der Waals surface area contributed by atoms with Gasteiger partial charge in [-0.2, -0.15) is 0 Å². The number of nitrogens with two attached hydrogens (primary N) is 1. The number of benzene rings is 1. The first-order chi connectivity index (χ1) is 8.16. The zero-order chi connectivity index (χ0) is 12.3. The van der Waals surface area contributed by atoms with Gasteiger partial charge in [-0.3, -0.25) is 0 Å². The van der Waals surface area contributed by atoms with Gasteiger partial charge in [0.1, 0.15) is 11.6 Å². The summed E-state index contributed by atoms with van der Waals surface area (Å²) in [5.41, 5.74) is 7.23. The largest absolute Gasteiger partial charge is 0.384 e. The highest BCUT2D eigenvalue weighted by molar-refractivity contribution is 6.30. The van der Waals surface area contributed by atoms with Gasteiger partial charge in [0.25, 0.3) is 0 Å². The number of hydrogen-bond acceptors (Lipinski definition) is 2. The third kappa shape index (κ3) is 2.94. The normalized spacial score (nSPS) is 10.5. The molecular weight excluding hydrogens is 239 g/mol. The minimum atomic E-state index is -0.337. The van der Waals surface area contributed by atoms with Crippen LogP contribution in [0.5, 0.6) is 0 Å². The molecule has 0 unspecified atom stereocenters. The molecule has 88 valence electrons. The lowest BCUT2D eigenvalue weighted by Gasteiger charge is -2.05. The van der Waals surface area contributed by atoms with Crippen molar-refractivity contribution >= 4 is 17.4 Å². The Morgan fingerprint density at radius 2 is 2.06 bits per heavy atom. The van der Waals surface area contributed by atoms with Crippen molar-refractivity contribution in [1.29, 1.82) is 0 Å². The van der Waals surface area contributed by atoms with Crippen molar-refractivity contribution in [3.63, 3.8) is 0 Å². The second-order valence-electron chi connectivity index (χ2n) is 3.80. The summed E-state index contributed by atoms with van der Waals surface area (Å²) in [5, 5.41) is 0.164. The van der Waals surface area contributed by atoms with E-state index >= 15 is 0 Å². The maximum Gasteiger partial charge on any atom is 0.144 e. The number of aromatic nitrogens is 1. The second kappa shape index (κ2) is 5.15. The van der Waals surface area contributed by atoms with Crippen LogP contribution in [0.2, 0.25) is 5.02 Å². The Morgan fingerprint density at radius 1 is 1.24 bits per heavy atom. The number of pyridine rings is 1. The topological polar surface area (TPSA) is 38.9 Å². The maximum absolute atomic E-state index is 13.6. The van der Waals surface area contributed by atoms with Gasteiger partial charge in [0.2, 0.25) is 0 Å². The predicted molar refractivity (Wildman–Crippen MR) is 67.5 cm³/mol. The number of halogens is 2. The Labute approximate surface area is 104 Å². The molecule has 0 spiro atoms. The zero-order valence-corrected chi connectivity index (χ0v) is 9.91. The second-order valence-corrected chi connectivity index (χ2v) is 4.21. The van der Waals surface area contributed by atoms with Crippen LogP contribution in [0.4, 0.5) is 10.2 Å². The lowest BCUT2D eigenvalue weighted by molar-refractivity contribution is 0.609. The summed E-state index contributed by atoms with van der Waals surface area (Å²) in [4.78, 5) is 3.91. The fourth-order valence-corrected chi connectivity index (χ4v) is 1.86. The Kier molecular flexibility index (Phi) is 3.59. The Bertz CT molecular complexity index is 529. The summed E-state index contributed by atoms with van der Waals surface area (Å²) in [6.07, 6.45) is 2.96. The average Bonchev–Trinajstić information content (AvgIpc) is 2.31. The molecule has 2 nitrogen and oxygen atoms in total. The van der Waals surface area contributed by atoms with Gasteiger partial charge in [0.15, 0.2) is 0 Å². The molecule has 4 heteroatoms. The van der Waals surface area contributed by atoms with Crippen molar-refractivity contribution in [2.45, 2.75) is 12.8 Å². The molecule has 0 aliphatic heterocycles. The number of nitrogen functional groups attached to an aromatic ring is 1. The van der Waals surface area contributed by atoms with E-state index in [1.807, 2.05) is 6.07 Å². The molecule has 0 aliphatic carbocycles. The number of hydrogen-bond donors (Lipinski definition) is 1. The zero-order valence-electron chi connectivity index (χ0n) is 9.16. The van der Waals surface area contributed by atoms with Crippen LogP contribution < -0.4 is 5.73 Å². The van der Waals surface area contributed by atoms with Crippen LogP contribution in [0.15, 0.2) is 36.5 Å². The van der Waals surface area contributed by atoms with Crippen LogP contribution in [-0.4, -0.2) is 4.98 Å². The molecule has 1 aromatic carbocycles. The Hall–Kier alpha value is -1.61. The molecule has 1 aromatic heterocycles. The highest BCUT2D eigenvalue weighted by Crippen LogP contribution is 2.19. The first-order valence-electron chi connectivity index (χ1n) is 5.30. The quantitative estimate of drug-likeness (QED) is 0.908. The van der Waals surface area contributed by atoms with Gasteiger partial charge in [-0.25, -0.2) is 9.37 Å². The highest BCUT2D eigenvalue weighted by Gasteiger charge is 2.06. The smallest absolute Gasteiger partial charge is 0.144 e. The van der Waals surface area contributed by atoms with Gasteiger partial charge in [-0.1, -0.05) is 23.7 Å². The van der Waals surface area contributed by atoms with E-state index in [4.69, 9.17) is 17.3 Å². The van der Waals surface area contributed by atoms with Gasteiger partial charge >= 0.3 is 0 Å². The van der Waals surface area contributed by atoms with Crippen molar-refractivity contribution in [2.24, 2.45) is 0 Å². The molecule has 0 saturated carbocycles. The van der Waals surface area contributed by atoms with E-state index in [-0.39, 0.29) is 10.8 Å². The van der Waals surface area contributed by atoms with Crippen LogP contribution in [0.25, 0.3) is 0 Å². The molecule has 2 N–H and O–H groups in total. The third-order valence-electron chi connectivity index (χ3n) is 2.56. The molecule has 0 aliphatic rings. The average molecular weight is 251 g/mol. The summed E-state index contributed by atoms with van der Waals surface area (Å²) in [6.45, 7) is 0. The fourth-order valence-electron chi connectivity index (χ4n) is 1.67. The molecule has 0 bridgehead atoms. The van der Waals surface area contributed by atoms with Crippen LogP contribution in [0.1, 0.15) is 11.1 Å². The predicted octanol–water partition coefficient (Wildman–Crippen LogP) is 3.24. The van der Waals surface area contributed by atoms with E-state index in [2.05, 4.69) is 4.98 Å². The van der Waals surface area contributed by atoms with Crippen molar-refractivity contribution in [3.05, 3.63) is 58.5 Å². The molecule has 2 rings (SSSR count). The number of rotatable bonds is 3. The lowest BCUT2D eigenvalue weighted by atomic mass is 10.0. The molecule has 0 atom stereocenters. The first kappa shape index (κ1) is 11.9. The van der Waals surface area contributed by atoms with E-state index in [1.165, 1.54) is 0 Å².